The molecular weight excluding hydrogens is 350 g/mol. The Balaban J connectivity index is 1.52. The summed E-state index contributed by atoms with van der Waals surface area (Å²) in [5.74, 6) is 1.48. The van der Waals surface area contributed by atoms with Crippen molar-refractivity contribution in [3.05, 3.63) is 39.8 Å². The molecule has 6 nitrogen and oxygen atoms in total. The molecular formula is C19H25N3O3S. The van der Waals surface area contributed by atoms with Gasteiger partial charge in [-0.05, 0) is 24.6 Å². The van der Waals surface area contributed by atoms with Crippen LogP contribution in [0.4, 0.5) is 0 Å². The van der Waals surface area contributed by atoms with E-state index in [9.17, 15) is 4.79 Å². The molecule has 1 amide bonds. The number of hydrogen-bond donors (Lipinski definition) is 0. The summed E-state index contributed by atoms with van der Waals surface area (Å²) in [4.78, 5) is 21.4. The maximum absolute atomic E-state index is 12.6. The van der Waals surface area contributed by atoms with Crippen LogP contribution in [0.1, 0.15) is 16.3 Å². The number of rotatable bonds is 6. The van der Waals surface area contributed by atoms with Gasteiger partial charge in [-0.2, -0.15) is 0 Å². The van der Waals surface area contributed by atoms with E-state index in [1.165, 1.54) is 0 Å². The number of nitrogens with zero attached hydrogens (tertiary/aromatic N) is 3. The van der Waals surface area contributed by atoms with Gasteiger partial charge in [0.2, 0.25) is 5.91 Å². The summed E-state index contributed by atoms with van der Waals surface area (Å²) < 4.78 is 10.6. The van der Waals surface area contributed by atoms with Gasteiger partial charge in [-0.3, -0.25) is 9.69 Å². The number of ether oxygens (including phenoxy) is 2. The molecule has 26 heavy (non-hydrogen) atoms. The first-order chi connectivity index (χ1) is 12.6. The molecule has 0 saturated carbocycles. The molecule has 0 bridgehead atoms. The molecule has 2 heterocycles. The fourth-order valence-electron chi connectivity index (χ4n) is 3.10. The Kier molecular flexibility index (Phi) is 6.11. The average Bonchev–Trinajstić information content (AvgIpc) is 3.06. The molecule has 1 aromatic carbocycles. The smallest absolute Gasteiger partial charge is 0.227 e. The van der Waals surface area contributed by atoms with E-state index in [-0.39, 0.29) is 5.91 Å². The van der Waals surface area contributed by atoms with Gasteiger partial charge in [0, 0.05) is 37.3 Å². The highest BCUT2D eigenvalue weighted by Gasteiger charge is 2.22. The number of aryl methyl sites for hydroxylation is 1. The van der Waals surface area contributed by atoms with Crippen molar-refractivity contribution in [2.24, 2.45) is 0 Å². The van der Waals surface area contributed by atoms with Crippen LogP contribution < -0.4 is 9.47 Å². The van der Waals surface area contributed by atoms with Crippen molar-refractivity contribution in [3.63, 3.8) is 0 Å². The summed E-state index contributed by atoms with van der Waals surface area (Å²) in [7, 11) is 3.21. The highest BCUT2D eigenvalue weighted by atomic mass is 32.1. The summed E-state index contributed by atoms with van der Waals surface area (Å²) in [6.07, 6.45) is 0.381. The van der Waals surface area contributed by atoms with Crippen LogP contribution in [0.5, 0.6) is 11.5 Å². The molecule has 1 saturated heterocycles. The van der Waals surface area contributed by atoms with Crippen LogP contribution in [0.15, 0.2) is 23.6 Å². The van der Waals surface area contributed by atoms with Gasteiger partial charge in [0.05, 0.1) is 27.2 Å². The lowest BCUT2D eigenvalue weighted by atomic mass is 10.1. The normalized spacial score (nSPS) is 15.1. The SMILES string of the molecule is COc1ccc(CC(=O)N2CCN(Cc3nc(C)cs3)CC2)cc1OC. The minimum atomic E-state index is 0.155. The molecule has 0 aliphatic carbocycles. The Morgan fingerprint density at radius 3 is 2.50 bits per heavy atom. The van der Waals surface area contributed by atoms with Crippen LogP contribution in [0, 0.1) is 6.92 Å². The minimum absolute atomic E-state index is 0.155. The molecule has 3 rings (SSSR count). The van der Waals surface area contributed by atoms with Gasteiger partial charge in [0.25, 0.3) is 0 Å². The third-order valence-corrected chi connectivity index (χ3v) is 5.51. The van der Waals surface area contributed by atoms with E-state index in [1.54, 1.807) is 25.6 Å². The van der Waals surface area contributed by atoms with Crippen LogP contribution >= 0.6 is 11.3 Å². The first-order valence-electron chi connectivity index (χ1n) is 8.71. The van der Waals surface area contributed by atoms with E-state index >= 15 is 0 Å². The first-order valence-corrected chi connectivity index (χ1v) is 9.59. The van der Waals surface area contributed by atoms with Gasteiger partial charge < -0.3 is 14.4 Å². The van der Waals surface area contributed by atoms with Crippen molar-refractivity contribution in [2.45, 2.75) is 19.9 Å². The fourth-order valence-corrected chi connectivity index (χ4v) is 3.91. The van der Waals surface area contributed by atoms with Crippen LogP contribution in [-0.4, -0.2) is 61.1 Å². The molecule has 140 valence electrons. The third-order valence-electron chi connectivity index (χ3n) is 4.55. The van der Waals surface area contributed by atoms with Crippen molar-refractivity contribution in [3.8, 4) is 11.5 Å². The molecule has 1 aromatic heterocycles. The van der Waals surface area contributed by atoms with Crippen molar-refractivity contribution < 1.29 is 14.3 Å². The Labute approximate surface area is 158 Å². The van der Waals surface area contributed by atoms with Gasteiger partial charge in [-0.25, -0.2) is 4.98 Å². The van der Waals surface area contributed by atoms with Crippen molar-refractivity contribution >= 4 is 17.2 Å². The molecule has 2 aromatic rings. The number of thiazole rings is 1. The average molecular weight is 375 g/mol. The second kappa shape index (κ2) is 8.51. The van der Waals surface area contributed by atoms with Crippen LogP contribution in [0.2, 0.25) is 0 Å². The molecule has 0 radical (unpaired) electrons. The molecule has 0 spiro atoms. The second-order valence-corrected chi connectivity index (χ2v) is 7.35. The zero-order chi connectivity index (χ0) is 18.5. The van der Waals surface area contributed by atoms with E-state index in [0.29, 0.717) is 17.9 Å². The molecule has 7 heteroatoms. The summed E-state index contributed by atoms with van der Waals surface area (Å²) in [5.41, 5.74) is 2.02. The van der Waals surface area contributed by atoms with Gasteiger partial charge in [-0.1, -0.05) is 6.07 Å². The zero-order valence-electron chi connectivity index (χ0n) is 15.5. The van der Waals surface area contributed by atoms with Crippen LogP contribution in [0.3, 0.4) is 0 Å². The summed E-state index contributed by atoms with van der Waals surface area (Å²) in [6, 6.07) is 5.63. The highest BCUT2D eigenvalue weighted by molar-refractivity contribution is 7.09. The lowest BCUT2D eigenvalue weighted by Crippen LogP contribution is -2.48. The molecule has 0 atom stereocenters. The number of piperazine rings is 1. The van der Waals surface area contributed by atoms with Gasteiger partial charge in [0.1, 0.15) is 5.01 Å². The highest BCUT2D eigenvalue weighted by Crippen LogP contribution is 2.28. The summed E-state index contributed by atoms with van der Waals surface area (Å²) in [5, 5.41) is 3.23. The Morgan fingerprint density at radius 2 is 1.88 bits per heavy atom. The Morgan fingerprint density at radius 1 is 1.15 bits per heavy atom. The summed E-state index contributed by atoms with van der Waals surface area (Å²) >= 11 is 1.70. The molecule has 0 N–H and O–H groups in total. The summed E-state index contributed by atoms with van der Waals surface area (Å²) in [6.45, 7) is 6.18. The Hall–Kier alpha value is -2.12. The standard InChI is InChI=1S/C19H25N3O3S/c1-14-13-26-18(20-14)12-21-6-8-22(9-7-21)19(23)11-15-4-5-16(24-2)17(10-15)25-3/h4-5,10,13H,6-9,11-12H2,1-3H3. The second-order valence-electron chi connectivity index (χ2n) is 6.41. The quantitative estimate of drug-likeness (QED) is 0.776. The molecule has 1 aliphatic heterocycles. The van der Waals surface area contributed by atoms with E-state index < -0.39 is 0 Å². The van der Waals surface area contributed by atoms with E-state index in [0.717, 1.165) is 49.0 Å². The third kappa shape index (κ3) is 4.53. The van der Waals surface area contributed by atoms with Crippen molar-refractivity contribution in [1.82, 2.24) is 14.8 Å². The number of carbonyl (C=O) groups excluding carboxylic acids is 1. The fraction of sp³-hybridized carbons (Fsp3) is 0.474. The largest absolute Gasteiger partial charge is 0.493 e. The first kappa shape index (κ1) is 18.7. The minimum Gasteiger partial charge on any atom is -0.493 e. The maximum atomic E-state index is 12.6. The van der Waals surface area contributed by atoms with E-state index in [1.807, 2.05) is 30.0 Å². The number of hydrogen-bond acceptors (Lipinski definition) is 6. The number of benzene rings is 1. The lowest BCUT2D eigenvalue weighted by molar-refractivity contribution is -0.132. The maximum Gasteiger partial charge on any atom is 0.227 e. The van der Waals surface area contributed by atoms with E-state index in [4.69, 9.17) is 9.47 Å². The monoisotopic (exact) mass is 375 g/mol. The topological polar surface area (TPSA) is 54.9 Å². The number of aromatic nitrogens is 1. The zero-order valence-corrected chi connectivity index (χ0v) is 16.3. The van der Waals surface area contributed by atoms with Crippen LogP contribution in [-0.2, 0) is 17.8 Å². The van der Waals surface area contributed by atoms with E-state index in [2.05, 4.69) is 15.3 Å². The number of methoxy groups -OCH3 is 2. The predicted molar refractivity (Wildman–Crippen MR) is 102 cm³/mol. The van der Waals surface area contributed by atoms with Crippen LogP contribution in [0.25, 0.3) is 0 Å². The van der Waals surface area contributed by atoms with Gasteiger partial charge in [-0.15, -0.1) is 11.3 Å². The van der Waals surface area contributed by atoms with Crippen molar-refractivity contribution in [1.29, 1.82) is 0 Å². The number of carbonyl (C=O) groups is 1. The lowest BCUT2D eigenvalue weighted by Gasteiger charge is -2.34. The van der Waals surface area contributed by atoms with Crippen molar-refractivity contribution in [2.75, 3.05) is 40.4 Å². The molecule has 1 aliphatic rings. The van der Waals surface area contributed by atoms with Gasteiger partial charge in [0.15, 0.2) is 11.5 Å². The Bertz CT molecular complexity index is 754. The molecule has 0 unspecified atom stereocenters. The predicted octanol–water partition coefficient (Wildman–Crippen LogP) is 2.36. The van der Waals surface area contributed by atoms with Gasteiger partial charge >= 0.3 is 0 Å². The molecule has 1 fully saturated rings. The number of amides is 1.